The fourth-order valence-electron chi connectivity index (χ4n) is 2.58. The maximum absolute atomic E-state index is 13.2. The first kappa shape index (κ1) is 17.5. The molecular weight excluding hydrogens is 346 g/mol. The third-order valence-corrected chi connectivity index (χ3v) is 3.68. The molecule has 0 spiro atoms. The highest BCUT2D eigenvalue weighted by molar-refractivity contribution is 6.07. The molecule has 26 heavy (non-hydrogen) atoms. The summed E-state index contributed by atoms with van der Waals surface area (Å²) >= 11 is 0. The number of amides is 2. The van der Waals surface area contributed by atoms with E-state index in [9.17, 15) is 23.5 Å². The molecule has 0 saturated carbocycles. The second kappa shape index (κ2) is 7.26. The van der Waals surface area contributed by atoms with Gasteiger partial charge in [-0.25, -0.2) is 23.4 Å². The van der Waals surface area contributed by atoms with Gasteiger partial charge < -0.3 is 10.4 Å². The normalized spacial score (nSPS) is 13.9. The number of benzene rings is 1. The van der Waals surface area contributed by atoms with Crippen LogP contribution in [0.15, 0.2) is 41.6 Å². The predicted molar refractivity (Wildman–Crippen MR) is 89.1 cm³/mol. The SMILES string of the molecule is O=C(O)c1cccnc1C1=NN(C(=O)Nc2cc(F)cc(F)c2)CCC1. The molecule has 0 fully saturated rings. The summed E-state index contributed by atoms with van der Waals surface area (Å²) in [6.07, 6.45) is 2.44. The standard InChI is InChI=1S/C17H14F2N4O3/c18-10-7-11(19)9-12(8-10)21-17(26)23-6-2-4-14(22-23)15-13(16(24)25)3-1-5-20-15/h1,3,5,7-9H,2,4,6H2,(H,21,26)(H,24,25). The highest BCUT2D eigenvalue weighted by atomic mass is 19.1. The Kier molecular flexibility index (Phi) is 4.87. The zero-order valence-corrected chi connectivity index (χ0v) is 13.4. The quantitative estimate of drug-likeness (QED) is 0.879. The van der Waals surface area contributed by atoms with Crippen LogP contribution >= 0.6 is 0 Å². The van der Waals surface area contributed by atoms with Gasteiger partial charge in [0.15, 0.2) is 0 Å². The van der Waals surface area contributed by atoms with E-state index in [1.807, 2.05) is 0 Å². The summed E-state index contributed by atoms with van der Waals surface area (Å²) in [5.41, 5.74) is 0.490. The Bertz CT molecular complexity index is 881. The summed E-state index contributed by atoms with van der Waals surface area (Å²) in [5, 5.41) is 16.9. The lowest BCUT2D eigenvalue weighted by Gasteiger charge is -2.24. The number of hydrogen-bond donors (Lipinski definition) is 2. The van der Waals surface area contributed by atoms with E-state index >= 15 is 0 Å². The second-order valence-corrected chi connectivity index (χ2v) is 5.57. The first-order valence-electron chi connectivity index (χ1n) is 7.75. The Morgan fingerprint density at radius 1 is 1.19 bits per heavy atom. The lowest BCUT2D eigenvalue weighted by atomic mass is 10.0. The number of carbonyl (C=O) groups excluding carboxylic acids is 1. The summed E-state index contributed by atoms with van der Waals surface area (Å²) in [5.74, 6) is -2.78. The van der Waals surface area contributed by atoms with Crippen LogP contribution < -0.4 is 5.32 Å². The average molecular weight is 360 g/mol. The molecule has 1 aliphatic rings. The van der Waals surface area contributed by atoms with Crippen LogP contribution in [0.25, 0.3) is 0 Å². The summed E-state index contributed by atoms with van der Waals surface area (Å²) in [4.78, 5) is 27.7. The van der Waals surface area contributed by atoms with E-state index in [0.29, 0.717) is 24.6 Å². The van der Waals surface area contributed by atoms with Gasteiger partial charge in [0.1, 0.15) is 17.3 Å². The van der Waals surface area contributed by atoms with Crippen LogP contribution in [0.5, 0.6) is 0 Å². The number of hydrazone groups is 1. The number of urea groups is 1. The molecule has 0 saturated heterocycles. The lowest BCUT2D eigenvalue weighted by molar-refractivity contribution is 0.0696. The molecule has 0 unspecified atom stereocenters. The molecule has 2 heterocycles. The molecular formula is C17H14F2N4O3. The van der Waals surface area contributed by atoms with Crippen LogP contribution in [0.3, 0.4) is 0 Å². The molecule has 134 valence electrons. The molecule has 0 aliphatic carbocycles. The number of carboxylic acid groups (broad SMARTS) is 1. The number of nitrogens with zero attached hydrogens (tertiary/aromatic N) is 3. The van der Waals surface area contributed by atoms with Crippen LogP contribution in [-0.4, -0.2) is 39.4 Å². The fraction of sp³-hybridized carbons (Fsp3) is 0.176. The van der Waals surface area contributed by atoms with Crippen molar-refractivity contribution < 1.29 is 23.5 Å². The number of carboxylic acids is 1. The molecule has 0 atom stereocenters. The smallest absolute Gasteiger partial charge is 0.342 e. The predicted octanol–water partition coefficient (Wildman–Crippen LogP) is 3.09. The minimum atomic E-state index is -1.15. The fourth-order valence-corrected chi connectivity index (χ4v) is 2.58. The largest absolute Gasteiger partial charge is 0.478 e. The summed E-state index contributed by atoms with van der Waals surface area (Å²) in [6.45, 7) is 0.280. The van der Waals surface area contributed by atoms with E-state index < -0.39 is 23.6 Å². The molecule has 2 amide bonds. The third kappa shape index (κ3) is 3.82. The van der Waals surface area contributed by atoms with E-state index in [4.69, 9.17) is 0 Å². The van der Waals surface area contributed by atoms with Crippen molar-refractivity contribution in [3.8, 4) is 0 Å². The molecule has 3 rings (SSSR count). The van der Waals surface area contributed by atoms with E-state index in [2.05, 4.69) is 15.4 Å². The van der Waals surface area contributed by atoms with Crippen LogP contribution in [-0.2, 0) is 0 Å². The van der Waals surface area contributed by atoms with Crippen LogP contribution in [0.2, 0.25) is 0 Å². The van der Waals surface area contributed by atoms with Crippen molar-refractivity contribution in [3.63, 3.8) is 0 Å². The van der Waals surface area contributed by atoms with E-state index in [1.165, 1.54) is 18.3 Å². The number of pyridine rings is 1. The number of halogens is 2. The molecule has 2 aromatic rings. The van der Waals surface area contributed by atoms with E-state index in [0.717, 1.165) is 17.1 Å². The van der Waals surface area contributed by atoms with Crippen molar-refractivity contribution in [3.05, 3.63) is 59.4 Å². The summed E-state index contributed by atoms with van der Waals surface area (Å²) < 4.78 is 26.5. The minimum absolute atomic E-state index is 0.0132. The number of carbonyl (C=O) groups is 2. The van der Waals surface area contributed by atoms with E-state index in [1.54, 1.807) is 0 Å². The number of hydrogen-bond acceptors (Lipinski definition) is 4. The second-order valence-electron chi connectivity index (χ2n) is 5.57. The van der Waals surface area contributed by atoms with E-state index in [-0.39, 0.29) is 23.5 Å². The van der Waals surface area contributed by atoms with Crippen molar-refractivity contribution in [1.29, 1.82) is 0 Å². The zero-order valence-electron chi connectivity index (χ0n) is 13.4. The molecule has 0 bridgehead atoms. The van der Waals surface area contributed by atoms with Crippen LogP contribution in [0.1, 0.15) is 28.9 Å². The molecule has 2 N–H and O–H groups in total. The summed E-state index contributed by atoms with van der Waals surface area (Å²) in [7, 11) is 0. The Morgan fingerprint density at radius 3 is 2.62 bits per heavy atom. The monoisotopic (exact) mass is 360 g/mol. The van der Waals surface area contributed by atoms with Gasteiger partial charge in [0, 0.05) is 24.5 Å². The maximum atomic E-state index is 13.2. The highest BCUT2D eigenvalue weighted by Gasteiger charge is 2.23. The number of aromatic carboxylic acids is 1. The third-order valence-electron chi connectivity index (χ3n) is 3.68. The molecule has 1 aromatic carbocycles. The molecule has 1 aromatic heterocycles. The Morgan fingerprint density at radius 2 is 1.92 bits per heavy atom. The van der Waals surface area contributed by atoms with Gasteiger partial charge in [0.2, 0.25) is 0 Å². The van der Waals surface area contributed by atoms with Crippen molar-refractivity contribution in [2.75, 3.05) is 11.9 Å². The van der Waals surface area contributed by atoms with Gasteiger partial charge in [-0.2, -0.15) is 5.10 Å². The van der Waals surface area contributed by atoms with Gasteiger partial charge in [-0.05, 0) is 37.1 Å². The Balaban J connectivity index is 1.84. The Labute approximate surface area is 147 Å². The lowest BCUT2D eigenvalue weighted by Crippen LogP contribution is -2.36. The molecule has 7 nitrogen and oxygen atoms in total. The van der Waals surface area contributed by atoms with Crippen molar-refractivity contribution in [1.82, 2.24) is 9.99 Å². The first-order valence-corrected chi connectivity index (χ1v) is 7.75. The Hall–Kier alpha value is -3.36. The minimum Gasteiger partial charge on any atom is -0.478 e. The van der Waals surface area contributed by atoms with Gasteiger partial charge in [0.25, 0.3) is 0 Å². The number of nitrogens with one attached hydrogen (secondary N) is 1. The maximum Gasteiger partial charge on any atom is 0.342 e. The van der Waals surface area contributed by atoms with Gasteiger partial charge in [0.05, 0.1) is 11.3 Å². The molecule has 0 radical (unpaired) electrons. The summed E-state index contributed by atoms with van der Waals surface area (Å²) in [6, 6.07) is 4.88. The van der Waals surface area contributed by atoms with Gasteiger partial charge >= 0.3 is 12.0 Å². The number of aromatic nitrogens is 1. The topological polar surface area (TPSA) is 94.9 Å². The zero-order chi connectivity index (χ0) is 18.7. The van der Waals surface area contributed by atoms with Crippen molar-refractivity contribution >= 4 is 23.4 Å². The van der Waals surface area contributed by atoms with Crippen LogP contribution in [0, 0.1) is 11.6 Å². The first-order chi connectivity index (χ1) is 12.4. The molecule has 9 heteroatoms. The van der Waals surface area contributed by atoms with Crippen molar-refractivity contribution in [2.24, 2.45) is 5.10 Å². The molecule has 1 aliphatic heterocycles. The van der Waals surface area contributed by atoms with Gasteiger partial charge in [-0.3, -0.25) is 4.98 Å². The van der Waals surface area contributed by atoms with Crippen molar-refractivity contribution in [2.45, 2.75) is 12.8 Å². The highest BCUT2D eigenvalue weighted by Crippen LogP contribution is 2.18. The van der Waals surface area contributed by atoms with Crippen LogP contribution in [0.4, 0.5) is 19.3 Å². The van der Waals surface area contributed by atoms with Gasteiger partial charge in [-0.1, -0.05) is 0 Å². The number of rotatable bonds is 3. The average Bonchev–Trinajstić information content (AvgIpc) is 2.61. The number of anilines is 1. The van der Waals surface area contributed by atoms with Gasteiger partial charge in [-0.15, -0.1) is 0 Å².